The summed E-state index contributed by atoms with van der Waals surface area (Å²) in [5.74, 6) is 0.000215. The zero-order valence-corrected chi connectivity index (χ0v) is 14.7. The summed E-state index contributed by atoms with van der Waals surface area (Å²) in [6, 6.07) is 14.1. The molecule has 0 bridgehead atoms. The van der Waals surface area contributed by atoms with E-state index in [2.05, 4.69) is 4.98 Å². The lowest BCUT2D eigenvalue weighted by Gasteiger charge is -2.16. The van der Waals surface area contributed by atoms with Gasteiger partial charge in [-0.25, -0.2) is 4.98 Å². The Bertz CT molecular complexity index is 970. The summed E-state index contributed by atoms with van der Waals surface area (Å²) in [5, 5.41) is 3.91. The number of benzene rings is 1. The molecule has 1 amide bonds. The molecule has 0 saturated heterocycles. The number of hydrogen-bond acceptors (Lipinski definition) is 4. The number of aromatic nitrogens is 2. The fourth-order valence-corrected chi connectivity index (χ4v) is 4.13. The van der Waals surface area contributed by atoms with E-state index in [0.717, 1.165) is 21.1 Å². The predicted molar refractivity (Wildman–Crippen MR) is 98.6 cm³/mol. The highest BCUT2D eigenvalue weighted by molar-refractivity contribution is 7.15. The molecular weight excluding hydrogens is 338 g/mol. The van der Waals surface area contributed by atoms with Gasteiger partial charge in [0.15, 0.2) is 4.96 Å². The van der Waals surface area contributed by atoms with Gasteiger partial charge in [0.2, 0.25) is 0 Å². The first-order valence-electron chi connectivity index (χ1n) is 7.52. The van der Waals surface area contributed by atoms with E-state index >= 15 is 0 Å². The highest BCUT2D eigenvalue weighted by atomic mass is 32.1. The molecule has 0 radical (unpaired) electrons. The zero-order valence-electron chi connectivity index (χ0n) is 13.0. The normalized spacial score (nSPS) is 11.0. The number of thiazole rings is 1. The van der Waals surface area contributed by atoms with Gasteiger partial charge in [0.25, 0.3) is 5.91 Å². The van der Waals surface area contributed by atoms with E-state index in [-0.39, 0.29) is 5.91 Å². The standard InChI is InChI=1S/C18H15N3OS2/c1-20(10-13-6-3-2-4-7-13)17(22)15-12-24-18-19-14(11-21(15)18)16-8-5-9-23-16/h2-9,11-12H,10H2,1H3. The van der Waals surface area contributed by atoms with Crippen molar-refractivity contribution in [2.45, 2.75) is 6.54 Å². The number of thiophene rings is 1. The van der Waals surface area contributed by atoms with Crippen molar-refractivity contribution >= 4 is 33.5 Å². The van der Waals surface area contributed by atoms with Crippen LogP contribution in [-0.4, -0.2) is 27.2 Å². The van der Waals surface area contributed by atoms with E-state index in [0.29, 0.717) is 12.2 Å². The van der Waals surface area contributed by atoms with Crippen molar-refractivity contribution in [2.75, 3.05) is 7.05 Å². The molecule has 0 aliphatic rings. The van der Waals surface area contributed by atoms with Crippen molar-refractivity contribution < 1.29 is 4.79 Å². The van der Waals surface area contributed by atoms with E-state index in [4.69, 9.17) is 0 Å². The number of fused-ring (bicyclic) bond motifs is 1. The monoisotopic (exact) mass is 353 g/mol. The minimum absolute atomic E-state index is 0.000215. The van der Waals surface area contributed by atoms with Crippen LogP contribution in [0.4, 0.5) is 0 Å². The summed E-state index contributed by atoms with van der Waals surface area (Å²) in [6.07, 6.45) is 1.95. The Kier molecular flexibility index (Phi) is 3.92. The van der Waals surface area contributed by atoms with Crippen LogP contribution in [0, 0.1) is 0 Å². The van der Waals surface area contributed by atoms with Crippen LogP contribution < -0.4 is 0 Å². The zero-order chi connectivity index (χ0) is 16.5. The smallest absolute Gasteiger partial charge is 0.271 e. The van der Waals surface area contributed by atoms with Crippen LogP contribution in [0.5, 0.6) is 0 Å². The second-order valence-corrected chi connectivity index (χ2v) is 7.31. The Balaban J connectivity index is 1.62. The molecule has 4 nitrogen and oxygen atoms in total. The maximum atomic E-state index is 12.8. The second-order valence-electron chi connectivity index (χ2n) is 5.52. The van der Waals surface area contributed by atoms with Crippen molar-refractivity contribution in [3.63, 3.8) is 0 Å². The molecule has 120 valence electrons. The Morgan fingerprint density at radius 2 is 2.00 bits per heavy atom. The molecule has 0 unspecified atom stereocenters. The first-order valence-corrected chi connectivity index (χ1v) is 9.28. The van der Waals surface area contributed by atoms with Gasteiger partial charge in [-0.05, 0) is 17.0 Å². The third-order valence-corrected chi connectivity index (χ3v) is 5.54. The van der Waals surface area contributed by atoms with Crippen LogP contribution in [0.25, 0.3) is 15.5 Å². The summed E-state index contributed by atoms with van der Waals surface area (Å²) < 4.78 is 1.89. The van der Waals surface area contributed by atoms with Gasteiger partial charge in [-0.1, -0.05) is 36.4 Å². The quantitative estimate of drug-likeness (QED) is 0.545. The average Bonchev–Trinajstić information content (AvgIpc) is 3.31. The number of rotatable bonds is 4. The summed E-state index contributed by atoms with van der Waals surface area (Å²) in [6.45, 7) is 0.587. The number of imidazole rings is 1. The summed E-state index contributed by atoms with van der Waals surface area (Å²) in [5.41, 5.74) is 2.69. The van der Waals surface area contributed by atoms with Crippen LogP contribution in [-0.2, 0) is 6.54 Å². The first-order chi connectivity index (χ1) is 11.7. The minimum atomic E-state index is 0.000215. The van der Waals surface area contributed by atoms with Crippen molar-refractivity contribution in [1.82, 2.24) is 14.3 Å². The number of carbonyl (C=O) groups excluding carboxylic acids is 1. The summed E-state index contributed by atoms with van der Waals surface area (Å²) >= 11 is 3.14. The topological polar surface area (TPSA) is 37.6 Å². The molecule has 0 atom stereocenters. The lowest BCUT2D eigenvalue weighted by molar-refractivity contribution is 0.0778. The molecule has 1 aromatic carbocycles. The molecule has 3 heterocycles. The van der Waals surface area contributed by atoms with Gasteiger partial charge in [-0.15, -0.1) is 22.7 Å². The number of hydrogen-bond donors (Lipinski definition) is 0. The molecule has 4 aromatic rings. The molecule has 6 heteroatoms. The van der Waals surface area contributed by atoms with Crippen LogP contribution in [0.3, 0.4) is 0 Å². The predicted octanol–water partition coefficient (Wildman–Crippen LogP) is 4.40. The minimum Gasteiger partial charge on any atom is -0.336 e. The molecule has 4 rings (SSSR count). The van der Waals surface area contributed by atoms with Crippen LogP contribution in [0.15, 0.2) is 59.4 Å². The third kappa shape index (κ3) is 2.74. The summed E-state index contributed by atoms with van der Waals surface area (Å²) in [4.78, 5) is 21.1. The van der Waals surface area contributed by atoms with Crippen LogP contribution in [0.2, 0.25) is 0 Å². The molecule has 0 aliphatic heterocycles. The van der Waals surface area contributed by atoms with Crippen LogP contribution >= 0.6 is 22.7 Å². The molecule has 3 aromatic heterocycles. The number of amides is 1. The SMILES string of the molecule is CN(Cc1ccccc1)C(=O)c1csc2nc(-c3cccs3)cn12. The number of carbonyl (C=O) groups is 1. The van der Waals surface area contributed by atoms with Gasteiger partial charge in [-0.3, -0.25) is 9.20 Å². The van der Waals surface area contributed by atoms with Gasteiger partial charge < -0.3 is 4.90 Å². The van der Waals surface area contributed by atoms with Crippen molar-refractivity contribution in [2.24, 2.45) is 0 Å². The molecule has 0 N–H and O–H groups in total. The maximum Gasteiger partial charge on any atom is 0.271 e. The van der Waals surface area contributed by atoms with E-state index < -0.39 is 0 Å². The van der Waals surface area contributed by atoms with Crippen LogP contribution in [0.1, 0.15) is 16.1 Å². The molecule has 0 fully saturated rings. The Hall–Kier alpha value is -2.44. The first kappa shape index (κ1) is 15.1. The maximum absolute atomic E-state index is 12.8. The molecule has 0 aliphatic carbocycles. The Morgan fingerprint density at radius 3 is 2.75 bits per heavy atom. The average molecular weight is 353 g/mol. The molecular formula is C18H15N3OS2. The molecule has 24 heavy (non-hydrogen) atoms. The highest BCUT2D eigenvalue weighted by Gasteiger charge is 2.18. The van der Waals surface area contributed by atoms with E-state index in [1.165, 1.54) is 11.3 Å². The van der Waals surface area contributed by atoms with Gasteiger partial charge in [0.05, 0.1) is 4.88 Å². The van der Waals surface area contributed by atoms with E-state index in [1.54, 1.807) is 16.2 Å². The van der Waals surface area contributed by atoms with Gasteiger partial charge in [-0.2, -0.15) is 0 Å². The second kappa shape index (κ2) is 6.22. The highest BCUT2D eigenvalue weighted by Crippen LogP contribution is 2.27. The Morgan fingerprint density at radius 1 is 1.17 bits per heavy atom. The fourth-order valence-electron chi connectivity index (χ4n) is 2.61. The van der Waals surface area contributed by atoms with Gasteiger partial charge >= 0.3 is 0 Å². The lowest BCUT2D eigenvalue weighted by atomic mass is 10.2. The molecule has 0 saturated carbocycles. The van der Waals surface area contributed by atoms with E-state index in [1.807, 2.05) is 70.9 Å². The summed E-state index contributed by atoms with van der Waals surface area (Å²) in [7, 11) is 1.83. The van der Waals surface area contributed by atoms with Gasteiger partial charge in [0.1, 0.15) is 11.4 Å². The fraction of sp³-hybridized carbons (Fsp3) is 0.111. The lowest BCUT2D eigenvalue weighted by Crippen LogP contribution is -2.27. The Labute approximate surface area is 147 Å². The third-order valence-electron chi connectivity index (χ3n) is 3.81. The van der Waals surface area contributed by atoms with Crippen molar-refractivity contribution in [3.8, 4) is 10.6 Å². The van der Waals surface area contributed by atoms with Crippen molar-refractivity contribution in [1.29, 1.82) is 0 Å². The van der Waals surface area contributed by atoms with Gasteiger partial charge in [0, 0.05) is 25.2 Å². The number of nitrogens with zero attached hydrogens (tertiary/aromatic N) is 3. The largest absolute Gasteiger partial charge is 0.336 e. The molecule has 0 spiro atoms. The van der Waals surface area contributed by atoms with Crippen molar-refractivity contribution in [3.05, 3.63) is 70.7 Å². The van der Waals surface area contributed by atoms with E-state index in [9.17, 15) is 4.79 Å².